The minimum absolute atomic E-state index is 0.0913. The molecule has 0 aromatic carbocycles. The number of thiazole rings is 1. The monoisotopic (exact) mass is 254 g/mol. The summed E-state index contributed by atoms with van der Waals surface area (Å²) in [6, 6.07) is -0.469. The van der Waals surface area contributed by atoms with E-state index in [4.69, 9.17) is 10.5 Å². The Bertz CT molecular complexity index is 340. The van der Waals surface area contributed by atoms with Gasteiger partial charge in [0.25, 0.3) is 0 Å². The summed E-state index contributed by atoms with van der Waals surface area (Å²) in [5.41, 5.74) is 5.75. The fraction of sp³-hybridized carbons (Fsp3) is 0.667. The van der Waals surface area contributed by atoms with E-state index < -0.39 is 17.2 Å². The van der Waals surface area contributed by atoms with Gasteiger partial charge in [0, 0.05) is 24.2 Å². The van der Waals surface area contributed by atoms with Crippen molar-refractivity contribution in [3.63, 3.8) is 0 Å². The van der Waals surface area contributed by atoms with E-state index in [2.05, 4.69) is 4.98 Å². The molecular formula is C9H13F3N2OS. The van der Waals surface area contributed by atoms with Crippen molar-refractivity contribution in [2.24, 2.45) is 5.73 Å². The minimum Gasteiger partial charge on any atom is -0.382 e. The van der Waals surface area contributed by atoms with E-state index in [0.29, 0.717) is 22.6 Å². The molecule has 7 heteroatoms. The molecule has 0 bridgehead atoms. The normalized spacial score (nSPS) is 16.1. The van der Waals surface area contributed by atoms with E-state index in [1.807, 2.05) is 6.92 Å². The van der Waals surface area contributed by atoms with Gasteiger partial charge in [0.15, 0.2) is 5.01 Å². The summed E-state index contributed by atoms with van der Waals surface area (Å²) >= 11 is 0.584. The second-order valence-electron chi connectivity index (χ2n) is 3.45. The van der Waals surface area contributed by atoms with Crippen molar-refractivity contribution >= 4 is 11.3 Å². The van der Waals surface area contributed by atoms with Crippen LogP contribution >= 0.6 is 11.3 Å². The Hall–Kier alpha value is -0.660. The average molecular weight is 254 g/mol. The van der Waals surface area contributed by atoms with E-state index >= 15 is 0 Å². The molecule has 0 spiro atoms. The zero-order chi connectivity index (χ0) is 12.3. The Morgan fingerprint density at radius 3 is 2.62 bits per heavy atom. The van der Waals surface area contributed by atoms with E-state index in [-0.39, 0.29) is 6.10 Å². The highest BCUT2D eigenvalue weighted by molar-refractivity contribution is 7.11. The highest BCUT2D eigenvalue weighted by Gasteiger charge is 2.35. The lowest BCUT2D eigenvalue weighted by molar-refractivity contribution is -0.137. The van der Waals surface area contributed by atoms with Crippen LogP contribution in [0, 0.1) is 0 Å². The lowest BCUT2D eigenvalue weighted by Crippen LogP contribution is -2.17. The van der Waals surface area contributed by atoms with Crippen LogP contribution in [0.1, 0.15) is 29.3 Å². The molecule has 2 unspecified atom stereocenters. The number of aromatic nitrogens is 1. The maximum Gasteiger partial charge on any atom is 0.443 e. The second kappa shape index (κ2) is 5.11. The molecule has 0 aliphatic carbocycles. The zero-order valence-corrected chi connectivity index (χ0v) is 9.73. The molecule has 1 rings (SSSR count). The quantitative estimate of drug-likeness (QED) is 0.898. The van der Waals surface area contributed by atoms with Gasteiger partial charge in [-0.05, 0) is 13.3 Å². The SMILES string of the molecule is COC(C)CC(N)c1cnc(C(F)(F)F)s1. The molecule has 0 radical (unpaired) electrons. The van der Waals surface area contributed by atoms with Crippen molar-refractivity contribution in [1.29, 1.82) is 0 Å². The summed E-state index contributed by atoms with van der Waals surface area (Å²) in [5.74, 6) is 0. The summed E-state index contributed by atoms with van der Waals surface area (Å²) in [7, 11) is 1.53. The van der Waals surface area contributed by atoms with E-state index in [9.17, 15) is 13.2 Å². The lowest BCUT2D eigenvalue weighted by Gasteiger charge is -2.14. The van der Waals surface area contributed by atoms with Crippen LogP contribution in [0.15, 0.2) is 6.20 Å². The van der Waals surface area contributed by atoms with Crippen LogP contribution in [-0.2, 0) is 10.9 Å². The highest BCUT2D eigenvalue weighted by Crippen LogP contribution is 2.34. The largest absolute Gasteiger partial charge is 0.443 e. The first-order valence-corrected chi connectivity index (χ1v) is 5.47. The Morgan fingerprint density at radius 2 is 2.19 bits per heavy atom. The van der Waals surface area contributed by atoms with Gasteiger partial charge < -0.3 is 10.5 Å². The maximum absolute atomic E-state index is 12.3. The van der Waals surface area contributed by atoms with Crippen LogP contribution in [0.2, 0.25) is 0 Å². The topological polar surface area (TPSA) is 48.1 Å². The third-order valence-corrected chi connectivity index (χ3v) is 3.29. The van der Waals surface area contributed by atoms with Crippen molar-refractivity contribution in [2.75, 3.05) is 7.11 Å². The minimum atomic E-state index is -4.39. The van der Waals surface area contributed by atoms with Crippen LogP contribution < -0.4 is 5.73 Å². The molecule has 1 heterocycles. The smallest absolute Gasteiger partial charge is 0.382 e. The molecule has 1 aromatic heterocycles. The lowest BCUT2D eigenvalue weighted by atomic mass is 10.1. The van der Waals surface area contributed by atoms with Gasteiger partial charge in [-0.1, -0.05) is 0 Å². The van der Waals surface area contributed by atoms with Gasteiger partial charge in [-0.25, -0.2) is 4.98 Å². The van der Waals surface area contributed by atoms with Gasteiger partial charge in [-0.15, -0.1) is 11.3 Å². The van der Waals surface area contributed by atoms with E-state index in [1.54, 1.807) is 0 Å². The average Bonchev–Trinajstić information content (AvgIpc) is 2.65. The van der Waals surface area contributed by atoms with Crippen molar-refractivity contribution < 1.29 is 17.9 Å². The summed E-state index contributed by atoms with van der Waals surface area (Å²) in [6.45, 7) is 1.81. The highest BCUT2D eigenvalue weighted by atomic mass is 32.1. The molecule has 1 aromatic rings. The molecule has 0 aliphatic heterocycles. The Balaban J connectivity index is 2.71. The van der Waals surface area contributed by atoms with Gasteiger partial charge in [-0.2, -0.15) is 13.2 Å². The third kappa shape index (κ3) is 3.43. The molecule has 0 aliphatic rings. The predicted molar refractivity (Wildman–Crippen MR) is 55.1 cm³/mol. The number of hydrogen-bond acceptors (Lipinski definition) is 4. The molecule has 0 amide bonds. The maximum atomic E-state index is 12.3. The number of halogens is 3. The molecule has 0 fully saturated rings. The molecule has 3 nitrogen and oxygen atoms in total. The van der Waals surface area contributed by atoms with Gasteiger partial charge in [0.2, 0.25) is 0 Å². The van der Waals surface area contributed by atoms with Crippen LogP contribution in [0.25, 0.3) is 0 Å². The Kier molecular flexibility index (Phi) is 4.28. The third-order valence-electron chi connectivity index (χ3n) is 2.12. The zero-order valence-electron chi connectivity index (χ0n) is 8.91. The van der Waals surface area contributed by atoms with E-state index in [1.165, 1.54) is 13.3 Å². The molecular weight excluding hydrogens is 241 g/mol. The summed E-state index contributed by atoms with van der Waals surface area (Å²) in [6.07, 6.45) is -2.84. The molecule has 0 saturated carbocycles. The van der Waals surface area contributed by atoms with Crippen molar-refractivity contribution in [3.05, 3.63) is 16.1 Å². The molecule has 16 heavy (non-hydrogen) atoms. The molecule has 92 valence electrons. The van der Waals surface area contributed by atoms with Crippen molar-refractivity contribution in [1.82, 2.24) is 4.98 Å². The summed E-state index contributed by atoms with van der Waals surface area (Å²) in [4.78, 5) is 3.74. The van der Waals surface area contributed by atoms with Gasteiger partial charge in [-0.3, -0.25) is 0 Å². The summed E-state index contributed by atoms with van der Waals surface area (Å²) < 4.78 is 41.8. The number of nitrogens with zero attached hydrogens (tertiary/aromatic N) is 1. The van der Waals surface area contributed by atoms with Crippen molar-refractivity contribution in [2.45, 2.75) is 31.7 Å². The summed E-state index contributed by atoms with van der Waals surface area (Å²) in [5, 5.41) is -0.858. The van der Waals surface area contributed by atoms with Crippen molar-refractivity contribution in [3.8, 4) is 0 Å². The first-order valence-electron chi connectivity index (χ1n) is 4.66. The number of alkyl halides is 3. The molecule has 2 atom stereocenters. The van der Waals surface area contributed by atoms with Gasteiger partial charge in [0.1, 0.15) is 0 Å². The van der Waals surface area contributed by atoms with E-state index in [0.717, 1.165) is 0 Å². The number of ether oxygens (including phenoxy) is 1. The Morgan fingerprint density at radius 1 is 1.56 bits per heavy atom. The van der Waals surface area contributed by atoms with Crippen LogP contribution in [0.4, 0.5) is 13.2 Å². The van der Waals surface area contributed by atoms with Crippen LogP contribution in [0.3, 0.4) is 0 Å². The number of hydrogen-bond donors (Lipinski definition) is 1. The predicted octanol–water partition coefficient (Wildman–Crippen LogP) is 2.59. The number of nitrogens with two attached hydrogens (primary N) is 1. The first kappa shape index (κ1) is 13.4. The standard InChI is InChI=1S/C9H13F3N2OS/c1-5(15-2)3-6(13)7-4-14-8(16-7)9(10,11)12/h4-6H,3,13H2,1-2H3. The Labute approximate surface area is 95.4 Å². The second-order valence-corrected chi connectivity index (χ2v) is 4.52. The first-order chi connectivity index (χ1) is 7.34. The molecule has 2 N–H and O–H groups in total. The fourth-order valence-corrected chi connectivity index (χ4v) is 1.96. The van der Waals surface area contributed by atoms with Crippen LogP contribution in [-0.4, -0.2) is 18.2 Å². The van der Waals surface area contributed by atoms with Crippen LogP contribution in [0.5, 0.6) is 0 Å². The number of methoxy groups -OCH3 is 1. The molecule has 0 saturated heterocycles. The van der Waals surface area contributed by atoms with Gasteiger partial charge in [0.05, 0.1) is 6.10 Å². The number of rotatable bonds is 4. The fourth-order valence-electron chi connectivity index (χ4n) is 1.16. The van der Waals surface area contributed by atoms with Gasteiger partial charge >= 0.3 is 6.18 Å².